The molecule has 0 unspecified atom stereocenters. The number of carbonyl (C=O) groups excluding carboxylic acids is 1. The smallest absolute Gasteiger partial charge is 0.335 e. The highest BCUT2D eigenvalue weighted by Crippen LogP contribution is 2.18. The monoisotopic (exact) mass is 322 g/mol. The van der Waals surface area contributed by atoms with Crippen molar-refractivity contribution in [3.63, 3.8) is 0 Å². The Hall–Kier alpha value is -2.41. The maximum Gasteiger partial charge on any atom is 0.335 e. The number of allylic oxidation sites excluding steroid dienone is 1. The largest absolute Gasteiger partial charge is 0.463 e. The van der Waals surface area contributed by atoms with Gasteiger partial charge in [-0.15, -0.1) is 0 Å². The summed E-state index contributed by atoms with van der Waals surface area (Å²) in [5.74, 6) is -0.371. The maximum absolute atomic E-state index is 11.8. The third kappa shape index (κ3) is 5.37. The molecule has 0 radical (unpaired) electrons. The molecular formula is C16H22N2O5. The number of nitrogens with one attached hydrogen (secondary N) is 1. The number of hydrogen-bond donors (Lipinski definition) is 2. The van der Waals surface area contributed by atoms with Crippen molar-refractivity contribution in [2.75, 3.05) is 13.2 Å². The highest BCUT2D eigenvalue weighted by molar-refractivity contribution is 5.89. The number of carbonyl (C=O) groups is 1. The van der Waals surface area contributed by atoms with Gasteiger partial charge in [0.05, 0.1) is 23.2 Å². The standard InChI is InChI=1S/C16H22N2O5/c1-4-14(16(20)23-5-2)11(3)17-10-15(19)12-6-8-13(9-7-12)18(21)22/h6-9,15,17,19H,4-5,10H2,1-3H3/b14-11+/t15-/m0/s1. The van der Waals surface area contributed by atoms with E-state index in [-0.39, 0.29) is 18.2 Å². The molecule has 1 aromatic carbocycles. The molecule has 1 rings (SSSR count). The number of esters is 1. The highest BCUT2D eigenvalue weighted by atomic mass is 16.6. The third-order valence-electron chi connectivity index (χ3n) is 3.38. The number of rotatable bonds is 8. The van der Waals surface area contributed by atoms with E-state index in [0.717, 1.165) is 0 Å². The molecule has 0 aliphatic carbocycles. The molecule has 0 heterocycles. The summed E-state index contributed by atoms with van der Waals surface area (Å²) in [4.78, 5) is 21.9. The first-order chi connectivity index (χ1) is 10.9. The number of nitro groups is 1. The van der Waals surface area contributed by atoms with Crippen LogP contribution in [0.1, 0.15) is 38.9 Å². The Bertz CT molecular complexity index is 581. The summed E-state index contributed by atoms with van der Waals surface area (Å²) in [5.41, 5.74) is 1.71. The van der Waals surface area contributed by atoms with Crippen LogP contribution in [0, 0.1) is 10.1 Å². The highest BCUT2D eigenvalue weighted by Gasteiger charge is 2.14. The Morgan fingerprint density at radius 3 is 2.43 bits per heavy atom. The number of nitrogens with zero attached hydrogens (tertiary/aromatic N) is 1. The predicted octanol–water partition coefficient (Wildman–Crippen LogP) is 2.46. The van der Waals surface area contributed by atoms with E-state index >= 15 is 0 Å². The number of non-ortho nitro benzene ring substituents is 1. The first kappa shape index (κ1) is 18.6. The fourth-order valence-corrected chi connectivity index (χ4v) is 2.07. The summed E-state index contributed by atoms with van der Waals surface area (Å²) in [6.45, 7) is 5.84. The number of nitro benzene ring substituents is 1. The van der Waals surface area contributed by atoms with Crippen LogP contribution in [0.2, 0.25) is 0 Å². The molecule has 0 fully saturated rings. The normalized spacial score (nSPS) is 13.0. The topological polar surface area (TPSA) is 102 Å². The van der Waals surface area contributed by atoms with Gasteiger partial charge >= 0.3 is 5.97 Å². The summed E-state index contributed by atoms with van der Waals surface area (Å²) in [6.07, 6.45) is -0.322. The lowest BCUT2D eigenvalue weighted by molar-refractivity contribution is -0.384. The van der Waals surface area contributed by atoms with Gasteiger partial charge in [0.15, 0.2) is 0 Å². The van der Waals surface area contributed by atoms with Crippen LogP contribution >= 0.6 is 0 Å². The van der Waals surface area contributed by atoms with E-state index in [1.165, 1.54) is 24.3 Å². The van der Waals surface area contributed by atoms with Crippen LogP contribution in [0.25, 0.3) is 0 Å². The zero-order chi connectivity index (χ0) is 17.4. The van der Waals surface area contributed by atoms with E-state index in [4.69, 9.17) is 4.74 Å². The molecule has 23 heavy (non-hydrogen) atoms. The van der Waals surface area contributed by atoms with Crippen LogP contribution in [0.4, 0.5) is 5.69 Å². The van der Waals surface area contributed by atoms with Crippen molar-refractivity contribution >= 4 is 11.7 Å². The maximum atomic E-state index is 11.8. The number of aliphatic hydroxyl groups is 1. The fourth-order valence-electron chi connectivity index (χ4n) is 2.07. The van der Waals surface area contributed by atoms with Crippen molar-refractivity contribution < 1.29 is 19.6 Å². The minimum Gasteiger partial charge on any atom is -0.463 e. The van der Waals surface area contributed by atoms with E-state index in [2.05, 4.69) is 5.32 Å². The molecule has 126 valence electrons. The molecule has 7 nitrogen and oxygen atoms in total. The lowest BCUT2D eigenvalue weighted by Crippen LogP contribution is -2.23. The van der Waals surface area contributed by atoms with Crippen molar-refractivity contribution in [1.82, 2.24) is 5.32 Å². The Morgan fingerprint density at radius 2 is 1.96 bits per heavy atom. The number of hydrogen-bond acceptors (Lipinski definition) is 6. The minimum absolute atomic E-state index is 0.0273. The number of aliphatic hydroxyl groups excluding tert-OH is 1. The number of benzene rings is 1. The molecule has 0 bridgehead atoms. The first-order valence-electron chi connectivity index (χ1n) is 7.43. The summed E-state index contributed by atoms with van der Waals surface area (Å²) >= 11 is 0. The van der Waals surface area contributed by atoms with Gasteiger partial charge in [-0.3, -0.25) is 10.1 Å². The second-order valence-electron chi connectivity index (χ2n) is 4.92. The van der Waals surface area contributed by atoms with Crippen LogP contribution in [0.3, 0.4) is 0 Å². The van der Waals surface area contributed by atoms with Crippen molar-refractivity contribution in [1.29, 1.82) is 0 Å². The minimum atomic E-state index is -0.842. The fraction of sp³-hybridized carbons (Fsp3) is 0.438. The molecule has 1 aromatic rings. The van der Waals surface area contributed by atoms with Crippen molar-refractivity contribution in [2.45, 2.75) is 33.3 Å². The lowest BCUT2D eigenvalue weighted by atomic mass is 10.1. The molecular weight excluding hydrogens is 300 g/mol. The molecule has 0 aromatic heterocycles. The van der Waals surface area contributed by atoms with E-state index < -0.39 is 11.0 Å². The van der Waals surface area contributed by atoms with E-state index in [9.17, 15) is 20.0 Å². The van der Waals surface area contributed by atoms with Crippen molar-refractivity contribution in [2.24, 2.45) is 0 Å². The van der Waals surface area contributed by atoms with E-state index in [0.29, 0.717) is 29.9 Å². The summed E-state index contributed by atoms with van der Waals surface area (Å²) < 4.78 is 4.98. The average molecular weight is 322 g/mol. The molecule has 0 aliphatic rings. The van der Waals surface area contributed by atoms with Gasteiger partial charge in [0.25, 0.3) is 5.69 Å². The van der Waals surface area contributed by atoms with Crippen LogP contribution in [-0.4, -0.2) is 29.2 Å². The van der Waals surface area contributed by atoms with Gasteiger partial charge in [-0.25, -0.2) is 4.79 Å². The molecule has 0 spiro atoms. The van der Waals surface area contributed by atoms with E-state index in [1.54, 1.807) is 13.8 Å². The Kier molecular flexibility index (Phi) is 7.21. The van der Waals surface area contributed by atoms with Crippen LogP contribution in [0.15, 0.2) is 35.5 Å². The van der Waals surface area contributed by atoms with Gasteiger partial charge in [-0.1, -0.05) is 6.92 Å². The van der Waals surface area contributed by atoms with Crippen LogP contribution in [-0.2, 0) is 9.53 Å². The molecule has 0 saturated heterocycles. The van der Waals surface area contributed by atoms with Gasteiger partial charge in [-0.2, -0.15) is 0 Å². The quantitative estimate of drug-likeness (QED) is 0.330. The van der Waals surface area contributed by atoms with Crippen molar-refractivity contribution in [3.05, 3.63) is 51.2 Å². The predicted molar refractivity (Wildman–Crippen MR) is 85.7 cm³/mol. The van der Waals surface area contributed by atoms with Crippen molar-refractivity contribution in [3.8, 4) is 0 Å². The van der Waals surface area contributed by atoms with Gasteiger partial charge in [0.2, 0.25) is 0 Å². The Labute approximate surface area is 135 Å². The molecule has 0 amide bonds. The zero-order valence-electron chi connectivity index (χ0n) is 13.5. The first-order valence-corrected chi connectivity index (χ1v) is 7.43. The second-order valence-corrected chi connectivity index (χ2v) is 4.92. The summed E-state index contributed by atoms with van der Waals surface area (Å²) in [6, 6.07) is 5.71. The Balaban J connectivity index is 2.71. The Morgan fingerprint density at radius 1 is 1.35 bits per heavy atom. The third-order valence-corrected chi connectivity index (χ3v) is 3.38. The van der Waals surface area contributed by atoms with Gasteiger partial charge in [-0.05, 0) is 38.0 Å². The average Bonchev–Trinajstić information content (AvgIpc) is 2.53. The SMILES string of the molecule is CCOC(=O)/C(CC)=C(\C)NC[C@H](O)c1ccc([N+](=O)[O-])cc1. The van der Waals surface area contributed by atoms with Gasteiger partial charge in [0, 0.05) is 24.4 Å². The van der Waals surface area contributed by atoms with Gasteiger partial charge < -0.3 is 15.2 Å². The summed E-state index contributed by atoms with van der Waals surface area (Å²) in [7, 11) is 0. The van der Waals surface area contributed by atoms with E-state index in [1.807, 2.05) is 6.92 Å². The summed E-state index contributed by atoms with van der Waals surface area (Å²) in [5, 5.41) is 23.7. The molecule has 2 N–H and O–H groups in total. The second kappa shape index (κ2) is 8.89. The van der Waals surface area contributed by atoms with Gasteiger partial charge in [0.1, 0.15) is 0 Å². The van der Waals surface area contributed by atoms with Crippen LogP contribution in [0.5, 0.6) is 0 Å². The molecule has 1 atom stereocenters. The van der Waals surface area contributed by atoms with Crippen LogP contribution < -0.4 is 5.32 Å². The molecule has 0 saturated carbocycles. The zero-order valence-corrected chi connectivity index (χ0v) is 13.5. The molecule has 7 heteroatoms. The molecule has 0 aliphatic heterocycles. The lowest BCUT2D eigenvalue weighted by Gasteiger charge is -2.16. The number of ether oxygens (including phenoxy) is 1.